The number of esters is 2. The van der Waals surface area contributed by atoms with Gasteiger partial charge in [0, 0.05) is 12.8 Å². The Hall–Kier alpha value is -1.30. The third-order valence-electron chi connectivity index (χ3n) is 11.7. The molecule has 0 amide bonds. The van der Waals surface area contributed by atoms with E-state index in [1.165, 1.54) is 173 Å². The zero-order chi connectivity index (χ0) is 42.3. The highest BCUT2D eigenvalue weighted by atomic mass is 16.7. The number of hydrogen-bond acceptors (Lipinski definition) is 10. The predicted molar refractivity (Wildman–Crippen MR) is 234 cm³/mol. The first-order valence-electron chi connectivity index (χ1n) is 24.6. The van der Waals surface area contributed by atoms with Gasteiger partial charge in [-0.2, -0.15) is 0 Å². The summed E-state index contributed by atoms with van der Waals surface area (Å²) >= 11 is 0. The summed E-state index contributed by atoms with van der Waals surface area (Å²) in [6, 6.07) is 0. The Morgan fingerprint density at radius 2 is 0.810 bits per heavy atom. The van der Waals surface area contributed by atoms with Gasteiger partial charge in [-0.1, -0.05) is 213 Å². The van der Waals surface area contributed by atoms with Gasteiger partial charge >= 0.3 is 11.9 Å². The number of aliphatic hydroxyl groups excluding tert-OH is 4. The van der Waals surface area contributed by atoms with Crippen molar-refractivity contribution in [3.63, 3.8) is 0 Å². The maximum Gasteiger partial charge on any atom is 0.306 e. The molecule has 1 aliphatic rings. The second kappa shape index (κ2) is 39.8. The van der Waals surface area contributed by atoms with Crippen molar-refractivity contribution in [2.75, 3.05) is 19.8 Å². The highest BCUT2D eigenvalue weighted by Crippen LogP contribution is 2.23. The van der Waals surface area contributed by atoms with E-state index in [0.717, 1.165) is 32.1 Å². The summed E-state index contributed by atoms with van der Waals surface area (Å²) < 4.78 is 22.2. The smallest absolute Gasteiger partial charge is 0.306 e. The van der Waals surface area contributed by atoms with Crippen LogP contribution in [0.3, 0.4) is 0 Å². The van der Waals surface area contributed by atoms with Gasteiger partial charge in [0.1, 0.15) is 31.0 Å². The highest BCUT2D eigenvalue weighted by molar-refractivity contribution is 5.70. The van der Waals surface area contributed by atoms with Crippen LogP contribution in [0.5, 0.6) is 0 Å². The molecule has 0 saturated carbocycles. The Kier molecular flexibility index (Phi) is 37.6. The quantitative estimate of drug-likeness (QED) is 0.0346. The third kappa shape index (κ3) is 30.7. The molecular formula is C48H92O10. The van der Waals surface area contributed by atoms with E-state index in [9.17, 15) is 30.0 Å². The van der Waals surface area contributed by atoms with Gasteiger partial charge in [-0.25, -0.2) is 0 Å². The molecule has 344 valence electrons. The third-order valence-corrected chi connectivity index (χ3v) is 11.7. The molecule has 1 rings (SSSR count). The fourth-order valence-electron chi connectivity index (χ4n) is 7.84. The number of unbranched alkanes of at least 4 members (excludes halogenated alkanes) is 31. The molecule has 6 unspecified atom stereocenters. The Labute approximate surface area is 355 Å². The minimum absolute atomic E-state index is 0.209. The van der Waals surface area contributed by atoms with Crippen LogP contribution >= 0.6 is 0 Å². The molecule has 0 aromatic heterocycles. The second-order valence-electron chi connectivity index (χ2n) is 17.3. The van der Waals surface area contributed by atoms with Gasteiger partial charge in [0.15, 0.2) is 12.4 Å². The molecule has 0 aliphatic carbocycles. The number of hydrogen-bond donors (Lipinski definition) is 4. The zero-order valence-electron chi connectivity index (χ0n) is 37.6. The van der Waals surface area contributed by atoms with Gasteiger partial charge in [-0.05, 0) is 12.8 Å². The fourth-order valence-corrected chi connectivity index (χ4v) is 7.84. The van der Waals surface area contributed by atoms with E-state index >= 15 is 0 Å². The van der Waals surface area contributed by atoms with Crippen LogP contribution in [0.1, 0.15) is 239 Å². The number of aliphatic hydroxyl groups is 4. The molecule has 6 atom stereocenters. The summed E-state index contributed by atoms with van der Waals surface area (Å²) in [6.45, 7) is 3.46. The first-order chi connectivity index (χ1) is 28.3. The maximum absolute atomic E-state index is 12.8. The Morgan fingerprint density at radius 1 is 0.466 bits per heavy atom. The van der Waals surface area contributed by atoms with Crippen LogP contribution < -0.4 is 0 Å². The highest BCUT2D eigenvalue weighted by Gasteiger charge is 2.44. The second-order valence-corrected chi connectivity index (χ2v) is 17.3. The lowest BCUT2D eigenvalue weighted by atomic mass is 9.99. The standard InChI is InChI=1S/C48H92O10/c1-3-5-7-9-11-13-15-17-18-19-20-21-22-23-24-25-27-29-31-33-35-37-44(51)57-41(40-56-48-47(54)46(53)45(52)42(38-49)58-48)39-55-43(50)36-34-32-30-28-26-16-14-12-10-8-6-4-2/h41-42,45-49,52-54H,3-40H2,1-2H3. The molecule has 0 bridgehead atoms. The van der Waals surface area contributed by atoms with Gasteiger partial charge in [0.25, 0.3) is 0 Å². The monoisotopic (exact) mass is 829 g/mol. The van der Waals surface area contributed by atoms with Crippen LogP contribution in [-0.4, -0.2) is 89.0 Å². The maximum atomic E-state index is 12.8. The van der Waals surface area contributed by atoms with Crippen molar-refractivity contribution in [3.8, 4) is 0 Å². The number of carbonyl (C=O) groups is 2. The van der Waals surface area contributed by atoms with Crippen LogP contribution in [-0.2, 0) is 28.5 Å². The first kappa shape index (κ1) is 54.7. The molecule has 1 heterocycles. The fraction of sp³-hybridized carbons (Fsp3) is 0.958. The van der Waals surface area contributed by atoms with E-state index in [2.05, 4.69) is 13.8 Å². The molecule has 4 N–H and O–H groups in total. The number of ether oxygens (including phenoxy) is 4. The van der Waals surface area contributed by atoms with E-state index in [-0.39, 0.29) is 32.0 Å². The molecule has 0 aromatic carbocycles. The van der Waals surface area contributed by atoms with Gasteiger partial charge in [0.05, 0.1) is 13.2 Å². The Balaban J connectivity index is 2.24. The molecule has 1 saturated heterocycles. The summed E-state index contributed by atoms with van der Waals surface area (Å²) in [5.41, 5.74) is 0. The van der Waals surface area contributed by atoms with Gasteiger partial charge in [-0.3, -0.25) is 9.59 Å². The zero-order valence-corrected chi connectivity index (χ0v) is 37.6. The topological polar surface area (TPSA) is 152 Å². The molecule has 1 aliphatic heterocycles. The minimum Gasteiger partial charge on any atom is -0.462 e. The average Bonchev–Trinajstić information content (AvgIpc) is 3.22. The van der Waals surface area contributed by atoms with Crippen molar-refractivity contribution >= 4 is 11.9 Å². The summed E-state index contributed by atoms with van der Waals surface area (Å²) in [5, 5.41) is 40.1. The lowest BCUT2D eigenvalue weighted by Crippen LogP contribution is -2.59. The van der Waals surface area contributed by atoms with E-state index < -0.39 is 49.4 Å². The van der Waals surface area contributed by atoms with E-state index in [1.807, 2.05) is 0 Å². The summed E-state index contributed by atoms with van der Waals surface area (Å²) in [6.07, 6.45) is 34.0. The SMILES string of the molecule is CCCCCCCCCCCCCCCCCCCCCCCC(=O)OC(COC(=O)CCCCCCCCCCCCCC)COC1OC(CO)C(O)C(O)C1O. The van der Waals surface area contributed by atoms with Crippen LogP contribution in [0.15, 0.2) is 0 Å². The largest absolute Gasteiger partial charge is 0.462 e. The molecule has 0 aromatic rings. The molecule has 10 heteroatoms. The first-order valence-corrected chi connectivity index (χ1v) is 24.6. The molecule has 0 spiro atoms. The lowest BCUT2D eigenvalue weighted by Gasteiger charge is -2.39. The normalized spacial score (nSPS) is 20.0. The Bertz CT molecular complexity index is 917. The number of carbonyl (C=O) groups excluding carboxylic acids is 2. The molecule has 1 fully saturated rings. The van der Waals surface area contributed by atoms with Gasteiger partial charge in [0.2, 0.25) is 0 Å². The van der Waals surface area contributed by atoms with Crippen LogP contribution in [0.2, 0.25) is 0 Å². The van der Waals surface area contributed by atoms with Gasteiger partial charge < -0.3 is 39.4 Å². The summed E-state index contributed by atoms with van der Waals surface area (Å²) in [4.78, 5) is 25.4. The van der Waals surface area contributed by atoms with Crippen LogP contribution in [0.25, 0.3) is 0 Å². The Morgan fingerprint density at radius 3 is 1.17 bits per heavy atom. The molecular weight excluding hydrogens is 737 g/mol. The minimum atomic E-state index is -1.59. The average molecular weight is 829 g/mol. The van der Waals surface area contributed by atoms with Gasteiger partial charge in [-0.15, -0.1) is 0 Å². The van der Waals surface area contributed by atoms with Crippen molar-refractivity contribution in [3.05, 3.63) is 0 Å². The van der Waals surface area contributed by atoms with Crippen LogP contribution in [0.4, 0.5) is 0 Å². The van der Waals surface area contributed by atoms with Crippen LogP contribution in [0, 0.1) is 0 Å². The van der Waals surface area contributed by atoms with E-state index in [4.69, 9.17) is 18.9 Å². The molecule has 0 radical (unpaired) electrons. The van der Waals surface area contributed by atoms with Crippen molar-refractivity contribution in [1.82, 2.24) is 0 Å². The van der Waals surface area contributed by atoms with E-state index in [1.54, 1.807) is 0 Å². The predicted octanol–water partition coefficient (Wildman–Crippen LogP) is 11.0. The number of rotatable bonds is 42. The van der Waals surface area contributed by atoms with E-state index in [0.29, 0.717) is 6.42 Å². The van der Waals surface area contributed by atoms with Crippen molar-refractivity contribution in [2.45, 2.75) is 275 Å². The summed E-state index contributed by atoms with van der Waals surface area (Å²) in [7, 11) is 0. The molecule has 10 nitrogen and oxygen atoms in total. The van der Waals surface area contributed by atoms with Crippen molar-refractivity contribution in [2.24, 2.45) is 0 Å². The lowest BCUT2D eigenvalue weighted by molar-refractivity contribution is -0.305. The summed E-state index contributed by atoms with van der Waals surface area (Å²) in [5.74, 6) is -0.789. The molecule has 58 heavy (non-hydrogen) atoms. The van der Waals surface area contributed by atoms with Crippen molar-refractivity contribution < 1.29 is 49.0 Å². The van der Waals surface area contributed by atoms with Crippen molar-refractivity contribution in [1.29, 1.82) is 0 Å².